The lowest BCUT2D eigenvalue weighted by molar-refractivity contribution is -0.137. The molecule has 1 saturated heterocycles. The van der Waals surface area contributed by atoms with Gasteiger partial charge in [-0.25, -0.2) is 0 Å². The highest BCUT2D eigenvalue weighted by atomic mass is 19.4. The topological polar surface area (TPSA) is 35.2 Å². The van der Waals surface area contributed by atoms with E-state index in [4.69, 9.17) is 10.5 Å². The summed E-state index contributed by atoms with van der Waals surface area (Å²) >= 11 is 0. The fourth-order valence-corrected chi connectivity index (χ4v) is 2.08. The molecule has 0 saturated carbocycles. The fraction of sp³-hybridized carbons (Fsp3) is 1.00. The first-order valence-electron chi connectivity index (χ1n) is 5.80. The van der Waals surface area contributed by atoms with Crippen LogP contribution in [0.4, 0.5) is 13.2 Å². The van der Waals surface area contributed by atoms with Gasteiger partial charge in [-0.15, -0.1) is 0 Å². The summed E-state index contributed by atoms with van der Waals surface area (Å²) in [6, 6.07) is -0.296. The molecule has 1 rings (SSSR count). The number of alkyl halides is 3. The standard InChI is InChI=1S/C11H20F3NO/c1-10(6-2-3-8-16-10)9(15)5-4-7-11(12,13)14/h9H,2-8,15H2,1H3. The first-order chi connectivity index (χ1) is 7.33. The van der Waals surface area contributed by atoms with E-state index in [1.54, 1.807) is 0 Å². The number of nitrogens with two attached hydrogens (primary N) is 1. The normalized spacial score (nSPS) is 29.1. The molecular formula is C11H20F3NO. The van der Waals surface area contributed by atoms with Gasteiger partial charge in [0.2, 0.25) is 0 Å². The lowest BCUT2D eigenvalue weighted by atomic mass is 9.86. The zero-order valence-corrected chi connectivity index (χ0v) is 9.65. The Hall–Kier alpha value is -0.290. The first kappa shape index (κ1) is 13.8. The lowest BCUT2D eigenvalue weighted by Crippen LogP contribution is -2.49. The van der Waals surface area contributed by atoms with Crippen LogP contribution in [0.2, 0.25) is 0 Å². The van der Waals surface area contributed by atoms with Crippen LogP contribution in [0.5, 0.6) is 0 Å². The van der Waals surface area contributed by atoms with E-state index in [-0.39, 0.29) is 12.5 Å². The van der Waals surface area contributed by atoms with Crippen LogP contribution in [0.3, 0.4) is 0 Å². The van der Waals surface area contributed by atoms with Gasteiger partial charge in [0.25, 0.3) is 0 Å². The molecule has 0 aliphatic carbocycles. The summed E-state index contributed by atoms with van der Waals surface area (Å²) in [7, 11) is 0. The molecule has 1 aliphatic heterocycles. The van der Waals surface area contributed by atoms with Gasteiger partial charge in [-0.1, -0.05) is 0 Å². The van der Waals surface area contributed by atoms with Gasteiger partial charge in [-0.2, -0.15) is 13.2 Å². The number of halogens is 3. The van der Waals surface area contributed by atoms with E-state index in [2.05, 4.69) is 0 Å². The Morgan fingerprint density at radius 1 is 1.38 bits per heavy atom. The summed E-state index contributed by atoms with van der Waals surface area (Å²) in [4.78, 5) is 0. The highest BCUT2D eigenvalue weighted by Crippen LogP contribution is 2.30. The molecule has 0 amide bonds. The predicted molar refractivity (Wildman–Crippen MR) is 56.1 cm³/mol. The molecule has 1 heterocycles. The second-order valence-corrected chi connectivity index (χ2v) is 4.73. The highest BCUT2D eigenvalue weighted by molar-refractivity contribution is 4.89. The highest BCUT2D eigenvalue weighted by Gasteiger charge is 2.35. The van der Waals surface area contributed by atoms with Crippen molar-refractivity contribution in [3.05, 3.63) is 0 Å². The van der Waals surface area contributed by atoms with Gasteiger partial charge in [0, 0.05) is 19.1 Å². The number of ether oxygens (including phenoxy) is 1. The second kappa shape index (κ2) is 5.36. The monoisotopic (exact) mass is 239 g/mol. The van der Waals surface area contributed by atoms with E-state index in [1.807, 2.05) is 6.92 Å². The minimum absolute atomic E-state index is 0.0869. The molecule has 0 aromatic heterocycles. The van der Waals surface area contributed by atoms with Crippen molar-refractivity contribution in [1.82, 2.24) is 0 Å². The lowest BCUT2D eigenvalue weighted by Gasteiger charge is -2.38. The zero-order valence-electron chi connectivity index (χ0n) is 9.65. The summed E-state index contributed by atoms with van der Waals surface area (Å²) in [5, 5.41) is 0. The van der Waals surface area contributed by atoms with Crippen LogP contribution in [-0.4, -0.2) is 24.4 Å². The summed E-state index contributed by atoms with van der Waals surface area (Å²) in [5.74, 6) is 0. The van der Waals surface area contributed by atoms with E-state index >= 15 is 0 Å². The van der Waals surface area contributed by atoms with Gasteiger partial charge < -0.3 is 10.5 Å². The molecule has 2 atom stereocenters. The van der Waals surface area contributed by atoms with Crippen molar-refractivity contribution < 1.29 is 17.9 Å². The number of hydrogen-bond acceptors (Lipinski definition) is 2. The molecule has 16 heavy (non-hydrogen) atoms. The quantitative estimate of drug-likeness (QED) is 0.818. The van der Waals surface area contributed by atoms with Crippen LogP contribution in [0.15, 0.2) is 0 Å². The Morgan fingerprint density at radius 3 is 2.56 bits per heavy atom. The SMILES string of the molecule is CC1(C(N)CCCC(F)(F)F)CCCCO1. The van der Waals surface area contributed by atoms with Crippen molar-refractivity contribution >= 4 is 0 Å². The second-order valence-electron chi connectivity index (χ2n) is 4.73. The average Bonchev–Trinajstić information content (AvgIpc) is 2.16. The van der Waals surface area contributed by atoms with Crippen LogP contribution in [0.1, 0.15) is 45.4 Å². The van der Waals surface area contributed by atoms with Gasteiger partial charge >= 0.3 is 6.18 Å². The Balaban J connectivity index is 2.30. The van der Waals surface area contributed by atoms with Crippen LogP contribution in [-0.2, 0) is 4.74 Å². The van der Waals surface area contributed by atoms with Gasteiger partial charge in [0.05, 0.1) is 5.60 Å². The molecule has 1 fully saturated rings. The third-order valence-corrected chi connectivity index (χ3v) is 3.26. The summed E-state index contributed by atoms with van der Waals surface area (Å²) in [6.45, 7) is 2.58. The maximum absolute atomic E-state index is 12.0. The number of rotatable bonds is 4. The summed E-state index contributed by atoms with van der Waals surface area (Å²) in [6.07, 6.45) is -1.46. The average molecular weight is 239 g/mol. The van der Waals surface area contributed by atoms with Crippen molar-refractivity contribution in [2.45, 2.75) is 63.3 Å². The predicted octanol–water partition coefficient (Wildman–Crippen LogP) is 3.01. The van der Waals surface area contributed by atoms with Crippen LogP contribution in [0, 0.1) is 0 Å². The van der Waals surface area contributed by atoms with E-state index < -0.39 is 18.2 Å². The van der Waals surface area contributed by atoms with Gasteiger partial charge in [0.15, 0.2) is 0 Å². The molecule has 2 unspecified atom stereocenters. The third kappa shape index (κ3) is 4.29. The van der Waals surface area contributed by atoms with Gasteiger partial charge in [-0.3, -0.25) is 0 Å². The van der Waals surface area contributed by atoms with Gasteiger partial charge in [-0.05, 0) is 39.0 Å². The Bertz CT molecular complexity index is 212. The molecule has 0 bridgehead atoms. The summed E-state index contributed by atoms with van der Waals surface area (Å²) in [5.41, 5.74) is 5.49. The molecule has 2 N–H and O–H groups in total. The molecule has 2 nitrogen and oxygen atoms in total. The van der Waals surface area contributed by atoms with E-state index in [0.29, 0.717) is 13.0 Å². The first-order valence-corrected chi connectivity index (χ1v) is 5.80. The van der Waals surface area contributed by atoms with Crippen LogP contribution >= 0.6 is 0 Å². The molecule has 1 aliphatic rings. The Labute approximate surface area is 94.3 Å². The molecule has 96 valence electrons. The fourth-order valence-electron chi connectivity index (χ4n) is 2.08. The summed E-state index contributed by atoms with van der Waals surface area (Å²) < 4.78 is 41.5. The third-order valence-electron chi connectivity index (χ3n) is 3.26. The molecule has 0 aromatic carbocycles. The maximum atomic E-state index is 12.0. The van der Waals surface area contributed by atoms with Crippen molar-refractivity contribution in [1.29, 1.82) is 0 Å². The zero-order chi connectivity index (χ0) is 12.2. The maximum Gasteiger partial charge on any atom is 0.389 e. The molecule has 0 radical (unpaired) electrons. The minimum Gasteiger partial charge on any atom is -0.374 e. The smallest absolute Gasteiger partial charge is 0.374 e. The van der Waals surface area contributed by atoms with Crippen LogP contribution in [0.25, 0.3) is 0 Å². The van der Waals surface area contributed by atoms with Crippen molar-refractivity contribution in [2.24, 2.45) is 5.73 Å². The Morgan fingerprint density at radius 2 is 2.06 bits per heavy atom. The van der Waals surface area contributed by atoms with E-state index in [0.717, 1.165) is 19.3 Å². The van der Waals surface area contributed by atoms with Crippen molar-refractivity contribution in [3.8, 4) is 0 Å². The number of hydrogen-bond donors (Lipinski definition) is 1. The Kier molecular flexibility index (Phi) is 4.62. The van der Waals surface area contributed by atoms with Crippen molar-refractivity contribution in [2.75, 3.05) is 6.61 Å². The van der Waals surface area contributed by atoms with Gasteiger partial charge in [0.1, 0.15) is 0 Å². The molecule has 5 heteroatoms. The molecule has 0 aromatic rings. The molecular weight excluding hydrogens is 219 g/mol. The van der Waals surface area contributed by atoms with Crippen molar-refractivity contribution in [3.63, 3.8) is 0 Å². The van der Waals surface area contributed by atoms with E-state index in [9.17, 15) is 13.2 Å². The van der Waals surface area contributed by atoms with Crippen LogP contribution < -0.4 is 5.73 Å². The molecule has 0 spiro atoms. The largest absolute Gasteiger partial charge is 0.389 e. The minimum atomic E-state index is -4.08. The van der Waals surface area contributed by atoms with E-state index in [1.165, 1.54) is 0 Å².